The zero-order chi connectivity index (χ0) is 19.1. The van der Waals surface area contributed by atoms with Gasteiger partial charge in [0.2, 0.25) is 5.88 Å². The van der Waals surface area contributed by atoms with E-state index in [0.717, 1.165) is 0 Å². The standard InChI is InChI=1S/C21H18N2O4/c1-15(24)16-7-9-18(10-8-16)26-14-20(25)23-17-11-12-22-21(13-17)27-19-5-3-2-4-6-19/h2-13H,14H2,1H3,(H,22,23,25). The molecule has 0 aliphatic heterocycles. The third kappa shape index (κ3) is 5.40. The smallest absolute Gasteiger partial charge is 0.262 e. The van der Waals surface area contributed by atoms with Gasteiger partial charge in [0.15, 0.2) is 12.4 Å². The number of amides is 1. The number of anilines is 1. The number of para-hydroxylation sites is 1. The largest absolute Gasteiger partial charge is 0.484 e. The minimum Gasteiger partial charge on any atom is -0.484 e. The highest BCUT2D eigenvalue weighted by molar-refractivity contribution is 5.94. The summed E-state index contributed by atoms with van der Waals surface area (Å²) in [7, 11) is 0. The number of ether oxygens (including phenoxy) is 2. The van der Waals surface area contributed by atoms with Crippen molar-refractivity contribution in [3.05, 3.63) is 78.5 Å². The Bertz CT molecular complexity index is 924. The van der Waals surface area contributed by atoms with Gasteiger partial charge in [-0.2, -0.15) is 0 Å². The summed E-state index contributed by atoms with van der Waals surface area (Å²) >= 11 is 0. The van der Waals surface area contributed by atoms with Gasteiger partial charge in [0, 0.05) is 23.5 Å². The highest BCUT2D eigenvalue weighted by Gasteiger charge is 2.07. The van der Waals surface area contributed by atoms with Gasteiger partial charge in [-0.25, -0.2) is 4.98 Å². The van der Waals surface area contributed by atoms with E-state index in [2.05, 4.69) is 10.3 Å². The van der Waals surface area contributed by atoms with Gasteiger partial charge in [0.05, 0.1) is 0 Å². The first-order valence-electron chi connectivity index (χ1n) is 8.33. The number of carbonyl (C=O) groups is 2. The number of Topliss-reactive ketones (excluding diaryl/α,β-unsaturated/α-hetero) is 1. The fourth-order valence-electron chi connectivity index (χ4n) is 2.28. The Morgan fingerprint density at radius 1 is 0.963 bits per heavy atom. The molecule has 3 rings (SSSR count). The molecular formula is C21H18N2O4. The molecule has 0 saturated carbocycles. The minimum absolute atomic E-state index is 0.0227. The molecule has 1 heterocycles. The second kappa shape index (κ2) is 8.62. The first kappa shape index (κ1) is 18.1. The molecule has 3 aromatic rings. The molecule has 1 N–H and O–H groups in total. The van der Waals surface area contributed by atoms with E-state index in [1.807, 2.05) is 30.3 Å². The van der Waals surface area contributed by atoms with Crippen molar-refractivity contribution in [3.8, 4) is 17.4 Å². The van der Waals surface area contributed by atoms with E-state index in [4.69, 9.17) is 9.47 Å². The molecule has 0 bridgehead atoms. The lowest BCUT2D eigenvalue weighted by Crippen LogP contribution is -2.20. The number of hydrogen-bond donors (Lipinski definition) is 1. The molecule has 0 saturated heterocycles. The monoisotopic (exact) mass is 362 g/mol. The maximum atomic E-state index is 12.1. The Labute approximate surface area is 156 Å². The van der Waals surface area contributed by atoms with E-state index in [-0.39, 0.29) is 18.3 Å². The number of hydrogen-bond acceptors (Lipinski definition) is 5. The summed E-state index contributed by atoms with van der Waals surface area (Å²) in [5, 5.41) is 2.73. The molecule has 136 valence electrons. The van der Waals surface area contributed by atoms with Gasteiger partial charge >= 0.3 is 0 Å². The van der Waals surface area contributed by atoms with Gasteiger partial charge < -0.3 is 14.8 Å². The zero-order valence-corrected chi connectivity index (χ0v) is 14.7. The lowest BCUT2D eigenvalue weighted by Gasteiger charge is -2.09. The highest BCUT2D eigenvalue weighted by atomic mass is 16.5. The maximum Gasteiger partial charge on any atom is 0.262 e. The van der Waals surface area contributed by atoms with Crippen LogP contribution < -0.4 is 14.8 Å². The predicted octanol–water partition coefficient (Wildman–Crippen LogP) is 4.09. The molecule has 0 fully saturated rings. The van der Waals surface area contributed by atoms with Crippen molar-refractivity contribution in [2.24, 2.45) is 0 Å². The fraction of sp³-hybridized carbons (Fsp3) is 0.0952. The molecular weight excluding hydrogens is 344 g/mol. The Morgan fingerprint density at radius 3 is 2.41 bits per heavy atom. The number of ketones is 1. The average Bonchev–Trinajstić information content (AvgIpc) is 2.68. The second-order valence-electron chi connectivity index (χ2n) is 5.72. The van der Waals surface area contributed by atoms with E-state index in [1.165, 1.54) is 6.92 Å². The van der Waals surface area contributed by atoms with Crippen molar-refractivity contribution >= 4 is 17.4 Å². The normalized spacial score (nSPS) is 10.1. The van der Waals surface area contributed by atoms with Crippen LogP contribution in [-0.4, -0.2) is 23.3 Å². The van der Waals surface area contributed by atoms with Crippen molar-refractivity contribution in [2.45, 2.75) is 6.92 Å². The summed E-state index contributed by atoms with van der Waals surface area (Å²) in [5.41, 5.74) is 1.14. The molecule has 0 atom stereocenters. The van der Waals surface area contributed by atoms with Crippen LogP contribution in [0.5, 0.6) is 17.4 Å². The number of nitrogens with zero attached hydrogens (tertiary/aromatic N) is 1. The second-order valence-corrected chi connectivity index (χ2v) is 5.72. The SMILES string of the molecule is CC(=O)c1ccc(OCC(=O)Nc2ccnc(Oc3ccccc3)c2)cc1. The minimum atomic E-state index is -0.317. The molecule has 0 aliphatic rings. The Hall–Kier alpha value is -3.67. The first-order chi connectivity index (χ1) is 13.1. The lowest BCUT2D eigenvalue weighted by molar-refractivity contribution is -0.118. The Kier molecular flexibility index (Phi) is 5.79. The third-order valence-corrected chi connectivity index (χ3v) is 3.62. The van der Waals surface area contributed by atoms with Crippen LogP contribution in [0.15, 0.2) is 72.9 Å². The van der Waals surface area contributed by atoms with Gasteiger partial charge in [-0.1, -0.05) is 18.2 Å². The van der Waals surface area contributed by atoms with E-state index < -0.39 is 0 Å². The van der Waals surface area contributed by atoms with Crippen LogP contribution in [0.4, 0.5) is 5.69 Å². The number of carbonyl (C=O) groups excluding carboxylic acids is 2. The van der Waals surface area contributed by atoms with Crippen LogP contribution in [-0.2, 0) is 4.79 Å². The van der Waals surface area contributed by atoms with E-state index in [1.54, 1.807) is 42.6 Å². The summed E-state index contributed by atoms with van der Waals surface area (Å²) in [4.78, 5) is 27.5. The number of benzene rings is 2. The first-order valence-corrected chi connectivity index (χ1v) is 8.33. The van der Waals surface area contributed by atoms with Crippen molar-refractivity contribution < 1.29 is 19.1 Å². The zero-order valence-electron chi connectivity index (χ0n) is 14.7. The summed E-state index contributed by atoms with van der Waals surface area (Å²) < 4.78 is 11.1. The van der Waals surface area contributed by atoms with Crippen molar-refractivity contribution in [3.63, 3.8) is 0 Å². The molecule has 1 amide bonds. The van der Waals surface area contributed by atoms with Gasteiger partial charge in [-0.05, 0) is 49.4 Å². The average molecular weight is 362 g/mol. The number of nitrogens with one attached hydrogen (secondary N) is 1. The molecule has 1 aromatic heterocycles. The number of rotatable bonds is 7. The van der Waals surface area contributed by atoms with Crippen molar-refractivity contribution in [1.82, 2.24) is 4.98 Å². The van der Waals surface area contributed by atoms with E-state index >= 15 is 0 Å². The Morgan fingerprint density at radius 2 is 1.70 bits per heavy atom. The lowest BCUT2D eigenvalue weighted by atomic mass is 10.1. The number of aromatic nitrogens is 1. The highest BCUT2D eigenvalue weighted by Crippen LogP contribution is 2.21. The molecule has 0 spiro atoms. The molecule has 2 aromatic carbocycles. The van der Waals surface area contributed by atoms with Gasteiger partial charge in [-0.15, -0.1) is 0 Å². The molecule has 6 heteroatoms. The predicted molar refractivity (Wildman–Crippen MR) is 101 cm³/mol. The topological polar surface area (TPSA) is 77.5 Å². The van der Waals surface area contributed by atoms with Crippen molar-refractivity contribution in [1.29, 1.82) is 0 Å². The van der Waals surface area contributed by atoms with Crippen LogP contribution in [0.25, 0.3) is 0 Å². The third-order valence-electron chi connectivity index (χ3n) is 3.62. The van der Waals surface area contributed by atoms with Gasteiger partial charge in [0.25, 0.3) is 5.91 Å². The summed E-state index contributed by atoms with van der Waals surface area (Å²) in [5.74, 6) is 1.21. The van der Waals surface area contributed by atoms with E-state index in [9.17, 15) is 9.59 Å². The fourth-order valence-corrected chi connectivity index (χ4v) is 2.28. The summed E-state index contributed by atoms with van der Waals surface area (Å²) in [6.07, 6.45) is 1.55. The van der Waals surface area contributed by atoms with Crippen LogP contribution in [0.2, 0.25) is 0 Å². The van der Waals surface area contributed by atoms with Crippen LogP contribution in [0.1, 0.15) is 17.3 Å². The van der Waals surface area contributed by atoms with Crippen LogP contribution in [0, 0.1) is 0 Å². The van der Waals surface area contributed by atoms with Gasteiger partial charge in [-0.3, -0.25) is 9.59 Å². The molecule has 6 nitrogen and oxygen atoms in total. The summed E-state index contributed by atoms with van der Waals surface area (Å²) in [6, 6.07) is 19.2. The van der Waals surface area contributed by atoms with Crippen LogP contribution in [0.3, 0.4) is 0 Å². The molecule has 0 unspecified atom stereocenters. The molecule has 27 heavy (non-hydrogen) atoms. The molecule has 0 radical (unpaired) electrons. The van der Waals surface area contributed by atoms with Gasteiger partial charge in [0.1, 0.15) is 11.5 Å². The quantitative estimate of drug-likeness (QED) is 0.641. The Balaban J connectivity index is 1.54. The van der Waals surface area contributed by atoms with Crippen molar-refractivity contribution in [2.75, 3.05) is 11.9 Å². The van der Waals surface area contributed by atoms with E-state index in [0.29, 0.717) is 28.6 Å². The molecule has 0 aliphatic carbocycles. The van der Waals surface area contributed by atoms with Crippen LogP contribution >= 0.6 is 0 Å². The maximum absolute atomic E-state index is 12.1. The number of pyridine rings is 1. The summed E-state index contributed by atoms with van der Waals surface area (Å²) in [6.45, 7) is 1.34.